The summed E-state index contributed by atoms with van der Waals surface area (Å²) < 4.78 is 10.7. The summed E-state index contributed by atoms with van der Waals surface area (Å²) in [5.74, 6) is 0.299. The molecule has 0 fully saturated rings. The molecule has 0 rings (SSSR count). The molecule has 0 atom stereocenters. The lowest BCUT2D eigenvalue weighted by molar-refractivity contribution is -0.0514. The van der Waals surface area contributed by atoms with Crippen molar-refractivity contribution in [3.8, 4) is 0 Å². The highest BCUT2D eigenvalue weighted by Gasteiger charge is 1.94. The van der Waals surface area contributed by atoms with E-state index in [9.17, 15) is 0 Å². The standard InChI is InChI=1S/C17H26O4/c1-14(5-7-16(3)18)9-11-20-13-21-12-10-15(2)6-8-17(4)19/h5-8,18-19H,1,3,9-13H2,2,4H3/b7-5-,15-6+,17-8+. The highest BCUT2D eigenvalue weighted by Crippen LogP contribution is 2.03. The molecule has 0 radical (unpaired) electrons. The minimum Gasteiger partial charge on any atom is -0.513 e. The fourth-order valence-electron chi connectivity index (χ4n) is 1.26. The van der Waals surface area contributed by atoms with Crippen molar-refractivity contribution in [3.63, 3.8) is 0 Å². The Bertz CT molecular complexity index is 413. The maximum Gasteiger partial charge on any atom is 0.146 e. The molecule has 4 heteroatoms. The number of hydrogen-bond donors (Lipinski definition) is 2. The van der Waals surface area contributed by atoms with E-state index in [4.69, 9.17) is 19.7 Å². The molecule has 21 heavy (non-hydrogen) atoms. The highest BCUT2D eigenvalue weighted by molar-refractivity contribution is 5.20. The third-order valence-electron chi connectivity index (χ3n) is 2.50. The monoisotopic (exact) mass is 294 g/mol. The first-order valence-corrected chi connectivity index (χ1v) is 6.84. The molecule has 0 aromatic carbocycles. The Kier molecular flexibility index (Phi) is 11.0. The average molecular weight is 294 g/mol. The van der Waals surface area contributed by atoms with Crippen molar-refractivity contribution in [2.45, 2.75) is 26.7 Å². The fraction of sp³-hybridized carbons (Fsp3) is 0.412. The lowest BCUT2D eigenvalue weighted by atomic mass is 10.2. The Morgan fingerprint density at radius 1 is 0.952 bits per heavy atom. The van der Waals surface area contributed by atoms with E-state index in [1.54, 1.807) is 19.1 Å². The predicted molar refractivity (Wildman–Crippen MR) is 86.2 cm³/mol. The van der Waals surface area contributed by atoms with E-state index in [2.05, 4.69) is 13.2 Å². The van der Waals surface area contributed by atoms with Crippen LogP contribution in [0.1, 0.15) is 26.7 Å². The molecule has 0 saturated carbocycles. The molecule has 0 aliphatic heterocycles. The van der Waals surface area contributed by atoms with Crippen molar-refractivity contribution in [1.29, 1.82) is 0 Å². The highest BCUT2D eigenvalue weighted by atomic mass is 16.7. The summed E-state index contributed by atoms with van der Waals surface area (Å²) in [6, 6.07) is 0. The summed E-state index contributed by atoms with van der Waals surface area (Å²) in [4.78, 5) is 0. The van der Waals surface area contributed by atoms with E-state index in [0.717, 1.165) is 17.6 Å². The first-order valence-electron chi connectivity index (χ1n) is 6.84. The number of hydrogen-bond acceptors (Lipinski definition) is 4. The van der Waals surface area contributed by atoms with E-state index in [1.165, 1.54) is 6.08 Å². The van der Waals surface area contributed by atoms with Crippen molar-refractivity contribution in [3.05, 3.63) is 60.1 Å². The number of ether oxygens (including phenoxy) is 2. The molecule has 0 bridgehead atoms. The van der Waals surface area contributed by atoms with Gasteiger partial charge in [0, 0.05) is 0 Å². The molecule has 118 valence electrons. The molecular formula is C17H26O4. The smallest absolute Gasteiger partial charge is 0.146 e. The quantitative estimate of drug-likeness (QED) is 0.257. The van der Waals surface area contributed by atoms with Crippen LogP contribution in [-0.4, -0.2) is 30.2 Å². The van der Waals surface area contributed by atoms with Gasteiger partial charge in [-0.1, -0.05) is 36.5 Å². The summed E-state index contributed by atoms with van der Waals surface area (Å²) in [5, 5.41) is 17.9. The van der Waals surface area contributed by atoms with Crippen LogP contribution >= 0.6 is 0 Å². The van der Waals surface area contributed by atoms with E-state index < -0.39 is 0 Å². The van der Waals surface area contributed by atoms with Crippen molar-refractivity contribution >= 4 is 0 Å². The number of allylic oxidation sites excluding steroid dienone is 5. The first-order chi connectivity index (χ1) is 9.91. The Morgan fingerprint density at radius 3 is 2.14 bits per heavy atom. The average Bonchev–Trinajstić information content (AvgIpc) is 2.41. The van der Waals surface area contributed by atoms with Crippen molar-refractivity contribution in [1.82, 2.24) is 0 Å². The fourth-order valence-corrected chi connectivity index (χ4v) is 1.26. The lowest BCUT2D eigenvalue weighted by Gasteiger charge is -2.06. The van der Waals surface area contributed by atoms with Gasteiger partial charge in [-0.05, 0) is 38.8 Å². The van der Waals surface area contributed by atoms with Gasteiger partial charge in [0.05, 0.1) is 19.0 Å². The Morgan fingerprint density at radius 2 is 1.57 bits per heavy atom. The van der Waals surface area contributed by atoms with E-state index in [-0.39, 0.29) is 18.3 Å². The summed E-state index contributed by atoms with van der Waals surface area (Å²) in [6.45, 7) is 12.1. The van der Waals surface area contributed by atoms with Crippen LogP contribution < -0.4 is 0 Å². The number of aliphatic hydroxyl groups is 2. The van der Waals surface area contributed by atoms with Crippen LogP contribution in [0.2, 0.25) is 0 Å². The lowest BCUT2D eigenvalue weighted by Crippen LogP contribution is -2.03. The van der Waals surface area contributed by atoms with Gasteiger partial charge < -0.3 is 19.7 Å². The van der Waals surface area contributed by atoms with E-state index >= 15 is 0 Å². The minimum absolute atomic E-state index is 0.00932. The maximum atomic E-state index is 9.02. The topological polar surface area (TPSA) is 58.9 Å². The molecular weight excluding hydrogens is 268 g/mol. The van der Waals surface area contributed by atoms with Gasteiger partial charge in [0.1, 0.15) is 12.6 Å². The summed E-state index contributed by atoms with van der Waals surface area (Å²) in [5.41, 5.74) is 1.99. The Hall–Kier alpha value is -1.78. The van der Waals surface area contributed by atoms with Gasteiger partial charge in [0.25, 0.3) is 0 Å². The van der Waals surface area contributed by atoms with Gasteiger partial charge in [-0.25, -0.2) is 0 Å². The van der Waals surface area contributed by atoms with Gasteiger partial charge in [-0.3, -0.25) is 0 Å². The molecule has 0 heterocycles. The Labute approximate surface area is 127 Å². The van der Waals surface area contributed by atoms with Crippen LogP contribution in [0, 0.1) is 0 Å². The third-order valence-corrected chi connectivity index (χ3v) is 2.50. The molecule has 4 nitrogen and oxygen atoms in total. The van der Waals surface area contributed by atoms with Gasteiger partial charge in [0.2, 0.25) is 0 Å². The minimum atomic E-state index is 0.00932. The van der Waals surface area contributed by atoms with Gasteiger partial charge >= 0.3 is 0 Å². The molecule has 0 amide bonds. The van der Waals surface area contributed by atoms with Gasteiger partial charge in [0.15, 0.2) is 0 Å². The molecule has 0 saturated heterocycles. The van der Waals surface area contributed by atoms with Crippen LogP contribution in [-0.2, 0) is 9.47 Å². The molecule has 0 aliphatic carbocycles. The zero-order valence-corrected chi connectivity index (χ0v) is 13.0. The van der Waals surface area contributed by atoms with Gasteiger partial charge in [-0.15, -0.1) is 0 Å². The van der Waals surface area contributed by atoms with E-state index in [0.29, 0.717) is 19.6 Å². The number of aliphatic hydroxyl groups excluding tert-OH is 2. The normalized spacial score (nSPS) is 12.9. The van der Waals surface area contributed by atoms with Crippen LogP contribution in [0.4, 0.5) is 0 Å². The predicted octanol–water partition coefficient (Wildman–Crippen LogP) is 4.35. The molecule has 0 aromatic heterocycles. The summed E-state index contributed by atoms with van der Waals surface area (Å²) >= 11 is 0. The first kappa shape index (κ1) is 19.2. The number of rotatable bonds is 11. The van der Waals surface area contributed by atoms with Crippen LogP contribution in [0.15, 0.2) is 60.1 Å². The Balaban J connectivity index is 3.57. The second-order valence-electron chi connectivity index (χ2n) is 4.74. The molecule has 0 aromatic rings. The van der Waals surface area contributed by atoms with Gasteiger partial charge in [-0.2, -0.15) is 0 Å². The van der Waals surface area contributed by atoms with Crippen molar-refractivity contribution < 1.29 is 19.7 Å². The van der Waals surface area contributed by atoms with Crippen molar-refractivity contribution in [2.24, 2.45) is 0 Å². The van der Waals surface area contributed by atoms with Crippen molar-refractivity contribution in [2.75, 3.05) is 20.0 Å². The zero-order chi connectivity index (χ0) is 16.1. The molecule has 0 unspecified atom stereocenters. The summed E-state index contributed by atoms with van der Waals surface area (Å²) in [7, 11) is 0. The third kappa shape index (κ3) is 14.4. The molecule has 0 spiro atoms. The summed E-state index contributed by atoms with van der Waals surface area (Å²) in [6.07, 6.45) is 8.19. The second-order valence-corrected chi connectivity index (χ2v) is 4.74. The van der Waals surface area contributed by atoms with E-state index in [1.807, 2.05) is 13.0 Å². The second kappa shape index (κ2) is 12.0. The SMILES string of the molecule is C=C(O)/C=C\C(=C)CCOCOCC/C(C)=C/C=C(\C)O. The molecule has 0 aliphatic rings. The van der Waals surface area contributed by atoms with Crippen LogP contribution in [0.5, 0.6) is 0 Å². The van der Waals surface area contributed by atoms with Crippen LogP contribution in [0.25, 0.3) is 0 Å². The zero-order valence-electron chi connectivity index (χ0n) is 13.0. The maximum absolute atomic E-state index is 9.02. The van der Waals surface area contributed by atoms with Crippen LogP contribution in [0.3, 0.4) is 0 Å². The largest absolute Gasteiger partial charge is 0.513 e. The molecule has 2 N–H and O–H groups in total.